The largest absolute Gasteiger partial charge is 0.370 e. The Labute approximate surface area is 148 Å². The normalized spacial score (nSPS) is 19.8. The molecule has 0 saturated carbocycles. The topological polar surface area (TPSA) is 62.2 Å². The van der Waals surface area contributed by atoms with Crippen molar-refractivity contribution in [1.82, 2.24) is 15.1 Å². The Kier molecular flexibility index (Phi) is 4.44. The standard InChI is InChI=1S/C19H25N5O/c1-14-8-18-21-12-16(13-24(18)22-14)11-20-10-15-4-2-5-17(9-15)23-7-3-6-19(23)25/h2,4-5,8-9,16,20-21H,3,6-7,10-13H2,1H3. The summed E-state index contributed by atoms with van der Waals surface area (Å²) in [7, 11) is 0. The lowest BCUT2D eigenvalue weighted by Gasteiger charge is -2.25. The highest BCUT2D eigenvalue weighted by atomic mass is 16.2. The molecule has 132 valence electrons. The van der Waals surface area contributed by atoms with Crippen LogP contribution in [0.2, 0.25) is 0 Å². The van der Waals surface area contributed by atoms with Crippen molar-refractivity contribution in [3.8, 4) is 0 Å². The Hall–Kier alpha value is -2.34. The number of aromatic nitrogens is 2. The Balaban J connectivity index is 1.31. The number of carbonyl (C=O) groups is 1. The van der Waals surface area contributed by atoms with Crippen LogP contribution in [-0.4, -0.2) is 35.3 Å². The van der Waals surface area contributed by atoms with Crippen LogP contribution in [0.5, 0.6) is 0 Å². The van der Waals surface area contributed by atoms with E-state index in [-0.39, 0.29) is 5.91 Å². The van der Waals surface area contributed by atoms with Gasteiger partial charge in [0.15, 0.2) is 0 Å². The average molecular weight is 339 g/mol. The van der Waals surface area contributed by atoms with Crippen molar-refractivity contribution in [2.24, 2.45) is 5.92 Å². The summed E-state index contributed by atoms with van der Waals surface area (Å²) in [6.07, 6.45) is 1.64. The lowest BCUT2D eigenvalue weighted by Crippen LogP contribution is -2.35. The highest BCUT2D eigenvalue weighted by Gasteiger charge is 2.22. The smallest absolute Gasteiger partial charge is 0.227 e. The van der Waals surface area contributed by atoms with Crippen molar-refractivity contribution in [3.63, 3.8) is 0 Å². The zero-order valence-electron chi connectivity index (χ0n) is 14.7. The molecule has 6 heteroatoms. The molecular formula is C19H25N5O. The minimum absolute atomic E-state index is 0.240. The quantitative estimate of drug-likeness (QED) is 0.876. The van der Waals surface area contributed by atoms with E-state index >= 15 is 0 Å². The summed E-state index contributed by atoms with van der Waals surface area (Å²) in [5.74, 6) is 1.88. The van der Waals surface area contributed by atoms with Crippen LogP contribution in [0.1, 0.15) is 24.1 Å². The fourth-order valence-corrected chi connectivity index (χ4v) is 3.70. The second-order valence-electron chi connectivity index (χ2n) is 7.05. The molecule has 1 aromatic heterocycles. The summed E-state index contributed by atoms with van der Waals surface area (Å²) in [5.41, 5.74) is 3.30. The van der Waals surface area contributed by atoms with E-state index in [0.29, 0.717) is 12.3 Å². The predicted octanol–water partition coefficient (Wildman–Crippen LogP) is 2.15. The van der Waals surface area contributed by atoms with Crippen molar-refractivity contribution < 1.29 is 4.79 Å². The highest BCUT2D eigenvalue weighted by molar-refractivity contribution is 5.95. The monoisotopic (exact) mass is 339 g/mol. The van der Waals surface area contributed by atoms with Crippen LogP contribution >= 0.6 is 0 Å². The predicted molar refractivity (Wildman–Crippen MR) is 98.7 cm³/mol. The van der Waals surface area contributed by atoms with Crippen LogP contribution in [0.15, 0.2) is 30.3 Å². The number of rotatable bonds is 5. The third-order valence-electron chi connectivity index (χ3n) is 4.96. The van der Waals surface area contributed by atoms with Gasteiger partial charge in [0.25, 0.3) is 0 Å². The molecule has 0 aliphatic carbocycles. The van der Waals surface area contributed by atoms with Gasteiger partial charge in [-0.2, -0.15) is 5.10 Å². The van der Waals surface area contributed by atoms with Crippen LogP contribution in [0, 0.1) is 12.8 Å². The van der Waals surface area contributed by atoms with Gasteiger partial charge in [-0.05, 0) is 31.0 Å². The number of carbonyl (C=O) groups excluding carboxylic acids is 1. The van der Waals surface area contributed by atoms with Gasteiger partial charge >= 0.3 is 0 Å². The SMILES string of the molecule is Cc1cc2n(n1)CC(CNCc1cccc(N3CCCC3=O)c1)CN2. The number of anilines is 2. The molecule has 2 aliphatic heterocycles. The Bertz CT molecular complexity index is 769. The number of hydrogen-bond donors (Lipinski definition) is 2. The summed E-state index contributed by atoms with van der Waals surface area (Å²) in [6, 6.07) is 10.4. The molecule has 25 heavy (non-hydrogen) atoms. The summed E-state index contributed by atoms with van der Waals surface area (Å²) < 4.78 is 2.06. The van der Waals surface area contributed by atoms with Crippen LogP contribution in [0.25, 0.3) is 0 Å². The van der Waals surface area contributed by atoms with Gasteiger partial charge in [-0.1, -0.05) is 12.1 Å². The van der Waals surface area contributed by atoms with E-state index in [1.807, 2.05) is 24.0 Å². The van der Waals surface area contributed by atoms with Gasteiger partial charge in [0, 0.05) is 56.8 Å². The Morgan fingerprint density at radius 2 is 2.28 bits per heavy atom. The number of fused-ring (bicyclic) bond motifs is 1. The zero-order valence-corrected chi connectivity index (χ0v) is 14.7. The fraction of sp³-hybridized carbons (Fsp3) is 0.474. The first-order valence-corrected chi connectivity index (χ1v) is 9.07. The van der Waals surface area contributed by atoms with Gasteiger partial charge < -0.3 is 15.5 Å². The van der Waals surface area contributed by atoms with Crippen molar-refractivity contribution in [1.29, 1.82) is 0 Å². The van der Waals surface area contributed by atoms with E-state index in [1.165, 1.54) is 5.56 Å². The molecular weight excluding hydrogens is 314 g/mol. The third-order valence-corrected chi connectivity index (χ3v) is 4.96. The van der Waals surface area contributed by atoms with Crippen molar-refractivity contribution >= 4 is 17.4 Å². The van der Waals surface area contributed by atoms with Gasteiger partial charge in [-0.3, -0.25) is 4.79 Å². The van der Waals surface area contributed by atoms with Gasteiger partial charge in [0.1, 0.15) is 5.82 Å². The van der Waals surface area contributed by atoms with Crippen molar-refractivity contribution in [2.75, 3.05) is 29.9 Å². The first-order valence-electron chi connectivity index (χ1n) is 9.07. The maximum absolute atomic E-state index is 11.9. The zero-order chi connectivity index (χ0) is 17.2. The second-order valence-corrected chi connectivity index (χ2v) is 7.05. The van der Waals surface area contributed by atoms with E-state index in [4.69, 9.17) is 0 Å². The molecule has 3 heterocycles. The van der Waals surface area contributed by atoms with E-state index in [0.717, 1.165) is 56.3 Å². The molecule has 1 unspecified atom stereocenters. The van der Waals surface area contributed by atoms with Gasteiger partial charge in [0.2, 0.25) is 5.91 Å². The number of hydrogen-bond acceptors (Lipinski definition) is 4. The lowest BCUT2D eigenvalue weighted by molar-refractivity contribution is -0.117. The van der Waals surface area contributed by atoms with Gasteiger partial charge in [0.05, 0.1) is 5.69 Å². The number of aryl methyl sites for hydroxylation is 1. The van der Waals surface area contributed by atoms with E-state index in [9.17, 15) is 4.79 Å². The second kappa shape index (κ2) is 6.88. The van der Waals surface area contributed by atoms with Crippen LogP contribution < -0.4 is 15.5 Å². The molecule has 6 nitrogen and oxygen atoms in total. The number of nitrogens with zero attached hydrogens (tertiary/aromatic N) is 3. The lowest BCUT2D eigenvalue weighted by atomic mass is 10.1. The molecule has 4 rings (SSSR count). The molecule has 1 saturated heterocycles. The number of benzene rings is 1. The van der Waals surface area contributed by atoms with Gasteiger partial charge in [-0.25, -0.2) is 4.68 Å². The summed E-state index contributed by atoms with van der Waals surface area (Å²) in [5, 5.41) is 11.5. The maximum atomic E-state index is 11.9. The highest BCUT2D eigenvalue weighted by Crippen LogP contribution is 2.22. The number of nitrogens with one attached hydrogen (secondary N) is 2. The summed E-state index contributed by atoms with van der Waals surface area (Å²) in [6.45, 7) is 6.55. The molecule has 0 radical (unpaired) electrons. The van der Waals surface area contributed by atoms with E-state index in [2.05, 4.69) is 38.6 Å². The molecule has 1 aromatic carbocycles. The Morgan fingerprint density at radius 3 is 3.12 bits per heavy atom. The average Bonchev–Trinajstić information content (AvgIpc) is 3.19. The first-order chi connectivity index (χ1) is 12.2. The van der Waals surface area contributed by atoms with Gasteiger partial charge in [-0.15, -0.1) is 0 Å². The molecule has 2 N–H and O–H groups in total. The maximum Gasteiger partial charge on any atom is 0.227 e. The molecule has 1 atom stereocenters. The number of amides is 1. The van der Waals surface area contributed by atoms with E-state index < -0.39 is 0 Å². The minimum Gasteiger partial charge on any atom is -0.370 e. The summed E-state index contributed by atoms with van der Waals surface area (Å²) in [4.78, 5) is 13.8. The molecule has 0 spiro atoms. The molecule has 2 aromatic rings. The minimum atomic E-state index is 0.240. The molecule has 1 fully saturated rings. The summed E-state index contributed by atoms with van der Waals surface area (Å²) >= 11 is 0. The molecule has 1 amide bonds. The Morgan fingerprint density at radius 1 is 1.36 bits per heavy atom. The van der Waals surface area contributed by atoms with Crippen LogP contribution in [0.4, 0.5) is 11.5 Å². The van der Waals surface area contributed by atoms with Crippen molar-refractivity contribution in [3.05, 3.63) is 41.6 Å². The van der Waals surface area contributed by atoms with Crippen LogP contribution in [0.3, 0.4) is 0 Å². The third kappa shape index (κ3) is 3.54. The first kappa shape index (κ1) is 16.1. The van der Waals surface area contributed by atoms with Crippen LogP contribution in [-0.2, 0) is 17.9 Å². The fourth-order valence-electron chi connectivity index (χ4n) is 3.70. The molecule has 0 bridgehead atoms. The molecule has 2 aliphatic rings. The van der Waals surface area contributed by atoms with Crippen molar-refractivity contribution in [2.45, 2.75) is 32.9 Å². The van der Waals surface area contributed by atoms with E-state index in [1.54, 1.807) is 0 Å².